The van der Waals surface area contributed by atoms with Gasteiger partial charge < -0.3 is 20.4 Å². The summed E-state index contributed by atoms with van der Waals surface area (Å²) in [7, 11) is 0. The van der Waals surface area contributed by atoms with Crippen molar-refractivity contribution in [1.29, 1.82) is 0 Å². The van der Waals surface area contributed by atoms with Gasteiger partial charge in [0.15, 0.2) is 0 Å². The number of halogens is 1. The van der Waals surface area contributed by atoms with Gasteiger partial charge in [-0.3, -0.25) is 34.1 Å². The highest BCUT2D eigenvalue weighted by Gasteiger charge is 2.56. The molecule has 3 atom stereocenters. The van der Waals surface area contributed by atoms with Crippen LogP contribution in [0.5, 0.6) is 0 Å². The molecule has 2 heterocycles. The molecule has 1 aromatic carbocycles. The Balaban J connectivity index is 1.38. The van der Waals surface area contributed by atoms with Gasteiger partial charge in [0.05, 0.1) is 0 Å². The molecule has 0 unspecified atom stereocenters. The molecule has 12 heteroatoms. The molecule has 1 aromatic rings. The van der Waals surface area contributed by atoms with Crippen LogP contribution in [0.4, 0.5) is 5.69 Å². The SMILES string of the molecule is CC(C)(C)[C@H](NC(=O)CC1CCCCC1)C(=O)N1C[C@@]2(CC(=O)N(c3cccc(Cl)c3)C2)C[C@H]1C(=O)NC(=O)C(=O)NC1CC1. The third-order valence-electron chi connectivity index (χ3n) is 9.51. The number of carbonyl (C=O) groups excluding carboxylic acids is 6. The zero-order valence-electron chi connectivity index (χ0n) is 26.3. The molecule has 6 amide bonds. The Morgan fingerprint density at radius 2 is 1.71 bits per heavy atom. The van der Waals surface area contributed by atoms with Crippen molar-refractivity contribution in [1.82, 2.24) is 20.9 Å². The van der Waals surface area contributed by atoms with E-state index >= 15 is 0 Å². The van der Waals surface area contributed by atoms with Crippen molar-refractivity contribution < 1.29 is 28.8 Å². The lowest BCUT2D eigenvalue weighted by atomic mass is 9.84. The van der Waals surface area contributed by atoms with Crippen LogP contribution in [0, 0.1) is 16.7 Å². The zero-order valence-corrected chi connectivity index (χ0v) is 27.1. The molecule has 11 nitrogen and oxygen atoms in total. The van der Waals surface area contributed by atoms with Crippen LogP contribution >= 0.6 is 11.6 Å². The number of carbonyl (C=O) groups is 6. The Morgan fingerprint density at radius 3 is 2.36 bits per heavy atom. The van der Waals surface area contributed by atoms with Crippen LogP contribution in [0.25, 0.3) is 0 Å². The lowest BCUT2D eigenvalue weighted by Gasteiger charge is -2.36. The van der Waals surface area contributed by atoms with E-state index in [4.69, 9.17) is 11.6 Å². The molecule has 4 fully saturated rings. The lowest BCUT2D eigenvalue weighted by molar-refractivity contribution is -0.147. The minimum Gasteiger partial charge on any atom is -0.345 e. The molecular weight excluding hydrogens is 598 g/mol. The maximum Gasteiger partial charge on any atom is 0.315 e. The topological polar surface area (TPSA) is 145 Å². The van der Waals surface area contributed by atoms with Crippen molar-refractivity contribution >= 4 is 52.7 Å². The number of amides is 6. The quantitative estimate of drug-likeness (QED) is 0.390. The highest BCUT2D eigenvalue weighted by Crippen LogP contribution is 2.45. The van der Waals surface area contributed by atoms with E-state index in [9.17, 15) is 28.8 Å². The maximum absolute atomic E-state index is 14.4. The average molecular weight is 642 g/mol. The molecule has 0 aromatic heterocycles. The highest BCUT2D eigenvalue weighted by atomic mass is 35.5. The summed E-state index contributed by atoms with van der Waals surface area (Å²) < 4.78 is 0. The van der Waals surface area contributed by atoms with Crippen molar-refractivity contribution in [2.45, 2.75) is 103 Å². The first-order valence-electron chi connectivity index (χ1n) is 16.1. The summed E-state index contributed by atoms with van der Waals surface area (Å²) >= 11 is 6.20. The van der Waals surface area contributed by atoms with Gasteiger partial charge in [0.25, 0.3) is 0 Å². The Kier molecular flexibility index (Phi) is 9.58. The predicted octanol–water partition coefficient (Wildman–Crippen LogP) is 3.09. The number of hydrogen-bond donors (Lipinski definition) is 3. The summed E-state index contributed by atoms with van der Waals surface area (Å²) in [6.07, 6.45) is 7.40. The molecule has 2 saturated carbocycles. The first-order valence-corrected chi connectivity index (χ1v) is 16.4. The monoisotopic (exact) mass is 641 g/mol. The van der Waals surface area contributed by atoms with E-state index in [1.807, 2.05) is 20.8 Å². The molecule has 2 saturated heterocycles. The molecule has 0 radical (unpaired) electrons. The van der Waals surface area contributed by atoms with E-state index in [1.54, 1.807) is 29.2 Å². The summed E-state index contributed by atoms with van der Waals surface area (Å²) in [5.74, 6) is -3.33. The summed E-state index contributed by atoms with van der Waals surface area (Å²) in [5.41, 5.74) is -0.871. The first kappa shape index (κ1) is 32.9. The standard InChI is InChI=1S/C33H44ClN5O6/c1-32(2,3)27(36-25(40)14-20-8-5-4-6-9-20)31(45)39-19-33(17-26(41)38(18-33)23-11-7-10-21(34)15-23)16-24(39)28(42)37-30(44)29(43)35-22-12-13-22/h7,10-11,15,20,22,24,27H,4-6,8-9,12-14,16-19H2,1-3H3,(H,35,43)(H,36,40)(H,37,42,44)/t24-,27+,33+/m0/s1. The summed E-state index contributed by atoms with van der Waals surface area (Å²) in [6.45, 7) is 5.86. The van der Waals surface area contributed by atoms with E-state index in [2.05, 4.69) is 16.0 Å². The van der Waals surface area contributed by atoms with E-state index in [-0.39, 0.29) is 49.7 Å². The molecule has 4 aliphatic rings. The first-order chi connectivity index (χ1) is 21.2. The number of imide groups is 1. The fourth-order valence-corrected chi connectivity index (χ4v) is 7.14. The van der Waals surface area contributed by atoms with Crippen LogP contribution in [0.1, 0.15) is 85.0 Å². The zero-order chi connectivity index (χ0) is 32.5. The number of benzene rings is 1. The third-order valence-corrected chi connectivity index (χ3v) is 9.74. The second-order valence-corrected chi connectivity index (χ2v) is 14.9. The molecular formula is C33H44ClN5O6. The van der Waals surface area contributed by atoms with Crippen molar-refractivity contribution in [3.63, 3.8) is 0 Å². The minimum atomic E-state index is -1.12. The van der Waals surface area contributed by atoms with Crippen LogP contribution in [-0.2, 0) is 28.8 Å². The number of likely N-dealkylation sites (tertiary alicyclic amines) is 1. The van der Waals surface area contributed by atoms with Gasteiger partial charge in [-0.25, -0.2) is 0 Å². The highest BCUT2D eigenvalue weighted by molar-refractivity contribution is 6.38. The Hall–Kier alpha value is -3.47. The van der Waals surface area contributed by atoms with Crippen LogP contribution in [0.2, 0.25) is 5.02 Å². The normalized spacial score (nSPS) is 24.4. The second-order valence-electron chi connectivity index (χ2n) is 14.5. The number of rotatable bonds is 7. The smallest absolute Gasteiger partial charge is 0.315 e. The fourth-order valence-electron chi connectivity index (χ4n) is 6.96. The van der Waals surface area contributed by atoms with Gasteiger partial charge >= 0.3 is 11.8 Å². The van der Waals surface area contributed by atoms with Crippen LogP contribution in [0.15, 0.2) is 24.3 Å². The predicted molar refractivity (Wildman–Crippen MR) is 168 cm³/mol. The Bertz CT molecular complexity index is 1370. The number of hydrogen-bond acceptors (Lipinski definition) is 6. The summed E-state index contributed by atoms with van der Waals surface area (Å²) in [5, 5.41) is 8.20. The number of anilines is 1. The molecule has 2 aliphatic heterocycles. The molecule has 45 heavy (non-hydrogen) atoms. The van der Waals surface area contributed by atoms with Crippen LogP contribution < -0.4 is 20.9 Å². The maximum atomic E-state index is 14.4. The molecule has 3 N–H and O–H groups in total. The van der Waals surface area contributed by atoms with Gasteiger partial charge in [-0.1, -0.05) is 57.7 Å². The van der Waals surface area contributed by atoms with Crippen LogP contribution in [-0.4, -0.2) is 71.6 Å². The minimum absolute atomic E-state index is 0.0697. The summed E-state index contributed by atoms with van der Waals surface area (Å²) in [4.78, 5) is 82.5. The van der Waals surface area contributed by atoms with Crippen LogP contribution in [0.3, 0.4) is 0 Å². The average Bonchev–Trinajstić information content (AvgIpc) is 3.63. The van der Waals surface area contributed by atoms with Crippen molar-refractivity contribution in [3.05, 3.63) is 29.3 Å². The van der Waals surface area contributed by atoms with E-state index in [1.165, 1.54) is 11.3 Å². The lowest BCUT2D eigenvalue weighted by Crippen LogP contribution is -2.58. The number of nitrogens with zero attached hydrogens (tertiary/aromatic N) is 2. The largest absolute Gasteiger partial charge is 0.345 e. The van der Waals surface area contributed by atoms with Gasteiger partial charge in [-0.05, 0) is 61.6 Å². The summed E-state index contributed by atoms with van der Waals surface area (Å²) in [6, 6.07) is 4.78. The van der Waals surface area contributed by atoms with Gasteiger partial charge in [0, 0.05) is 48.1 Å². The third kappa shape index (κ3) is 7.85. The molecule has 2 aliphatic carbocycles. The second kappa shape index (κ2) is 13.1. The van der Waals surface area contributed by atoms with Gasteiger partial charge in [0.1, 0.15) is 12.1 Å². The van der Waals surface area contributed by atoms with Gasteiger partial charge in [-0.15, -0.1) is 0 Å². The van der Waals surface area contributed by atoms with Crippen molar-refractivity contribution in [3.8, 4) is 0 Å². The molecule has 0 bridgehead atoms. The Morgan fingerprint density at radius 1 is 1.00 bits per heavy atom. The van der Waals surface area contributed by atoms with E-state index in [0.29, 0.717) is 17.1 Å². The van der Waals surface area contributed by atoms with Crippen molar-refractivity contribution in [2.24, 2.45) is 16.7 Å². The number of nitrogens with one attached hydrogen (secondary N) is 3. The molecule has 5 rings (SSSR count). The fraction of sp³-hybridized carbons (Fsp3) is 0.636. The van der Waals surface area contributed by atoms with Gasteiger partial charge in [0.2, 0.25) is 23.6 Å². The van der Waals surface area contributed by atoms with E-state index < -0.39 is 46.5 Å². The molecule has 1 spiro atoms. The van der Waals surface area contributed by atoms with Gasteiger partial charge in [-0.2, -0.15) is 0 Å². The van der Waals surface area contributed by atoms with Crippen molar-refractivity contribution in [2.75, 3.05) is 18.0 Å². The Labute approximate surface area is 269 Å². The molecule has 244 valence electrons. The van der Waals surface area contributed by atoms with E-state index in [0.717, 1.165) is 38.5 Å².